The van der Waals surface area contributed by atoms with Gasteiger partial charge in [-0.15, -0.1) is 0 Å². The van der Waals surface area contributed by atoms with E-state index in [1.54, 1.807) is 23.3 Å². The van der Waals surface area contributed by atoms with E-state index in [4.69, 9.17) is 0 Å². The van der Waals surface area contributed by atoms with E-state index in [0.717, 1.165) is 35.2 Å². The molecule has 0 unspecified atom stereocenters. The van der Waals surface area contributed by atoms with Crippen molar-refractivity contribution in [3.8, 4) is 0 Å². The molecule has 1 fully saturated rings. The fourth-order valence-corrected chi connectivity index (χ4v) is 4.38. The Kier molecular flexibility index (Phi) is 6.10. The highest BCUT2D eigenvalue weighted by Gasteiger charge is 2.25. The first kappa shape index (κ1) is 21.9. The zero-order chi connectivity index (χ0) is 23.5. The number of carbonyl (C=O) groups is 2. The van der Waals surface area contributed by atoms with Gasteiger partial charge in [-0.1, -0.05) is 48.5 Å². The van der Waals surface area contributed by atoms with Gasteiger partial charge in [-0.3, -0.25) is 15.0 Å². The first-order valence-electron chi connectivity index (χ1n) is 11.3. The highest BCUT2D eigenvalue weighted by molar-refractivity contribution is 6.44. The van der Waals surface area contributed by atoms with Crippen LogP contribution in [-0.2, 0) is 11.3 Å². The highest BCUT2D eigenvalue weighted by Crippen LogP contribution is 2.23. The van der Waals surface area contributed by atoms with E-state index in [-0.39, 0.29) is 5.82 Å². The lowest BCUT2D eigenvalue weighted by molar-refractivity contribution is -0.121. The minimum absolute atomic E-state index is 0.293. The summed E-state index contributed by atoms with van der Waals surface area (Å²) in [4.78, 5) is 28.2. The molecule has 1 aromatic heterocycles. The molecule has 34 heavy (non-hydrogen) atoms. The lowest BCUT2D eigenvalue weighted by atomic mass is 10.1. The molecule has 6 nitrogen and oxygen atoms in total. The van der Waals surface area contributed by atoms with Crippen LogP contribution in [0.25, 0.3) is 10.9 Å². The number of fused-ring (bicyclic) bond motifs is 1. The monoisotopic (exact) mass is 456 g/mol. The zero-order valence-corrected chi connectivity index (χ0v) is 18.7. The van der Waals surface area contributed by atoms with Gasteiger partial charge in [0.15, 0.2) is 0 Å². The van der Waals surface area contributed by atoms with E-state index < -0.39 is 11.7 Å². The van der Waals surface area contributed by atoms with Crippen LogP contribution in [-0.4, -0.2) is 47.4 Å². The Hall–Kier alpha value is -3.97. The topological polar surface area (TPSA) is 57.6 Å². The predicted molar refractivity (Wildman–Crippen MR) is 130 cm³/mol. The minimum Gasteiger partial charge on any atom is -0.369 e. The van der Waals surface area contributed by atoms with Gasteiger partial charge < -0.3 is 9.47 Å². The Morgan fingerprint density at radius 3 is 2.24 bits per heavy atom. The second-order valence-corrected chi connectivity index (χ2v) is 8.39. The third-order valence-electron chi connectivity index (χ3n) is 6.17. The number of hydrazine groups is 1. The Morgan fingerprint density at radius 2 is 1.50 bits per heavy atom. The summed E-state index contributed by atoms with van der Waals surface area (Å²) in [6.07, 6.45) is 1.71. The zero-order valence-electron chi connectivity index (χ0n) is 18.7. The number of nitrogens with zero attached hydrogens (tertiary/aromatic N) is 3. The Bertz CT molecular complexity index is 1310. The van der Waals surface area contributed by atoms with E-state index >= 15 is 0 Å². The van der Waals surface area contributed by atoms with Crippen molar-refractivity contribution in [1.82, 2.24) is 15.0 Å². The molecule has 7 heteroatoms. The van der Waals surface area contributed by atoms with E-state index in [2.05, 4.69) is 22.5 Å². The molecule has 5 rings (SSSR count). The van der Waals surface area contributed by atoms with E-state index in [9.17, 15) is 14.0 Å². The van der Waals surface area contributed by atoms with Crippen LogP contribution >= 0.6 is 0 Å². The van der Waals surface area contributed by atoms with Gasteiger partial charge in [0.1, 0.15) is 5.82 Å². The quantitative estimate of drug-likeness (QED) is 0.354. The summed E-state index contributed by atoms with van der Waals surface area (Å²) in [5, 5.41) is 2.52. The van der Waals surface area contributed by atoms with Crippen molar-refractivity contribution < 1.29 is 14.0 Å². The summed E-state index contributed by atoms with van der Waals surface area (Å²) in [7, 11) is 0. The molecular formula is C27H25FN4O2. The molecule has 0 saturated carbocycles. The van der Waals surface area contributed by atoms with Crippen LogP contribution in [0, 0.1) is 5.82 Å². The van der Waals surface area contributed by atoms with E-state index in [0.29, 0.717) is 25.2 Å². The second kappa shape index (κ2) is 9.49. The highest BCUT2D eigenvalue weighted by atomic mass is 19.1. The smallest absolute Gasteiger partial charge is 0.306 e. The molecule has 0 spiro atoms. The van der Waals surface area contributed by atoms with Gasteiger partial charge in [-0.2, -0.15) is 0 Å². The number of amides is 1. The maximum absolute atomic E-state index is 13.3. The van der Waals surface area contributed by atoms with Crippen LogP contribution in [0.4, 0.5) is 10.1 Å². The largest absolute Gasteiger partial charge is 0.369 e. The normalized spacial score (nSPS) is 14.3. The van der Waals surface area contributed by atoms with Crippen LogP contribution in [0.1, 0.15) is 15.9 Å². The van der Waals surface area contributed by atoms with Gasteiger partial charge >= 0.3 is 5.91 Å². The van der Waals surface area contributed by atoms with E-state index in [1.165, 1.54) is 12.1 Å². The molecule has 2 heterocycles. The number of Topliss-reactive ketones (excluding diaryl/α,β-unsaturated/α-hetero) is 1. The summed E-state index contributed by atoms with van der Waals surface area (Å²) in [6.45, 7) is 3.24. The van der Waals surface area contributed by atoms with Gasteiger partial charge in [0.25, 0.3) is 5.78 Å². The van der Waals surface area contributed by atoms with Crippen LogP contribution in [0.15, 0.2) is 85.1 Å². The van der Waals surface area contributed by atoms with E-state index in [1.807, 2.05) is 47.0 Å². The summed E-state index contributed by atoms with van der Waals surface area (Å²) in [5.41, 5.74) is 6.05. The molecule has 1 aliphatic rings. The number of carbonyl (C=O) groups excluding carboxylic acids is 2. The number of piperazine rings is 1. The van der Waals surface area contributed by atoms with Crippen molar-refractivity contribution in [2.75, 3.05) is 31.1 Å². The molecule has 0 radical (unpaired) electrons. The fourth-order valence-electron chi connectivity index (χ4n) is 4.38. The number of aromatic nitrogens is 1. The summed E-state index contributed by atoms with van der Waals surface area (Å²) in [6, 6.07) is 23.9. The number of rotatable bonds is 6. The molecule has 172 valence electrons. The SMILES string of the molecule is O=C(NN1CCN(c2ccccc2)CC1)C(=O)c1cn(Cc2ccc(F)cc2)c2ccccc12. The number of ketones is 1. The van der Waals surface area contributed by atoms with Crippen molar-refractivity contribution in [1.29, 1.82) is 0 Å². The molecule has 0 atom stereocenters. The summed E-state index contributed by atoms with van der Waals surface area (Å²) >= 11 is 0. The third kappa shape index (κ3) is 4.56. The van der Waals surface area contributed by atoms with Crippen molar-refractivity contribution in [3.05, 3.63) is 102 Å². The number of nitrogens with one attached hydrogen (secondary N) is 1. The first-order valence-corrected chi connectivity index (χ1v) is 11.3. The second-order valence-electron chi connectivity index (χ2n) is 8.39. The van der Waals surface area contributed by atoms with Crippen molar-refractivity contribution in [2.24, 2.45) is 0 Å². The Labute approximate surface area is 197 Å². The van der Waals surface area contributed by atoms with Gasteiger partial charge in [0.2, 0.25) is 0 Å². The molecule has 0 bridgehead atoms. The van der Waals surface area contributed by atoms with Crippen LogP contribution in [0.3, 0.4) is 0 Å². The average molecular weight is 457 g/mol. The van der Waals surface area contributed by atoms with Crippen LogP contribution in [0.2, 0.25) is 0 Å². The summed E-state index contributed by atoms with van der Waals surface area (Å²) < 4.78 is 15.2. The number of hydrogen-bond donors (Lipinski definition) is 1. The molecule has 1 amide bonds. The van der Waals surface area contributed by atoms with Crippen LogP contribution in [0.5, 0.6) is 0 Å². The molecule has 1 saturated heterocycles. The molecule has 1 aliphatic heterocycles. The Morgan fingerprint density at radius 1 is 0.824 bits per heavy atom. The summed E-state index contributed by atoms with van der Waals surface area (Å²) in [5.74, 6) is -1.50. The molecule has 3 aromatic carbocycles. The number of hydrogen-bond acceptors (Lipinski definition) is 4. The lowest BCUT2D eigenvalue weighted by Crippen LogP contribution is -2.54. The fraction of sp³-hybridized carbons (Fsp3) is 0.185. The maximum atomic E-state index is 13.3. The van der Waals surface area contributed by atoms with Gasteiger partial charge in [0, 0.05) is 55.5 Å². The van der Waals surface area contributed by atoms with Crippen LogP contribution < -0.4 is 10.3 Å². The minimum atomic E-state index is -0.641. The first-order chi connectivity index (χ1) is 16.6. The number of halogens is 1. The molecule has 4 aromatic rings. The Balaban J connectivity index is 1.28. The van der Waals surface area contributed by atoms with Gasteiger partial charge in [-0.05, 0) is 35.9 Å². The number of para-hydroxylation sites is 2. The third-order valence-corrected chi connectivity index (χ3v) is 6.17. The molecule has 1 N–H and O–H groups in total. The van der Waals surface area contributed by atoms with Crippen molar-refractivity contribution in [3.63, 3.8) is 0 Å². The van der Waals surface area contributed by atoms with Gasteiger partial charge in [0.05, 0.1) is 5.56 Å². The average Bonchev–Trinajstić information content (AvgIpc) is 3.24. The standard InChI is InChI=1S/C27H25FN4O2/c28-21-12-10-20(11-13-21)18-31-19-24(23-8-4-5-9-25(23)31)26(33)27(34)29-32-16-14-30(15-17-32)22-6-2-1-3-7-22/h1-13,19H,14-18H2,(H,29,34). The molecular weight excluding hydrogens is 431 g/mol. The van der Waals surface area contributed by atoms with Gasteiger partial charge in [-0.25, -0.2) is 9.40 Å². The predicted octanol–water partition coefficient (Wildman–Crippen LogP) is 3.86. The number of anilines is 1. The maximum Gasteiger partial charge on any atom is 0.306 e. The molecule has 0 aliphatic carbocycles. The lowest BCUT2D eigenvalue weighted by Gasteiger charge is -2.35. The van der Waals surface area contributed by atoms with Crippen molar-refractivity contribution in [2.45, 2.75) is 6.54 Å². The number of benzene rings is 3. The van der Waals surface area contributed by atoms with Crippen molar-refractivity contribution >= 4 is 28.3 Å².